The van der Waals surface area contributed by atoms with Gasteiger partial charge in [-0.15, -0.1) is 0 Å². The summed E-state index contributed by atoms with van der Waals surface area (Å²) in [6.45, 7) is 4.09. The van der Waals surface area contributed by atoms with Gasteiger partial charge in [-0.2, -0.15) is 0 Å². The zero-order valence-electron chi connectivity index (χ0n) is 15.8. The van der Waals surface area contributed by atoms with E-state index in [1.165, 1.54) is 29.5 Å². The Labute approximate surface area is 168 Å². The van der Waals surface area contributed by atoms with Crippen LogP contribution >= 0.6 is 11.8 Å². The van der Waals surface area contributed by atoms with Crippen LogP contribution in [-0.4, -0.2) is 35.9 Å². The largest absolute Gasteiger partial charge is 0.325 e. The molecular weight excluding hydrogens is 394 g/mol. The van der Waals surface area contributed by atoms with E-state index in [9.17, 15) is 13.2 Å². The van der Waals surface area contributed by atoms with Crippen LogP contribution < -0.4 is 5.32 Å². The lowest BCUT2D eigenvalue weighted by Gasteiger charge is -2.11. The number of sulfone groups is 1. The van der Waals surface area contributed by atoms with Gasteiger partial charge in [-0.1, -0.05) is 29.5 Å². The van der Waals surface area contributed by atoms with E-state index in [1.54, 1.807) is 18.3 Å². The summed E-state index contributed by atoms with van der Waals surface area (Å²) in [5.41, 5.74) is 3.91. The number of nitrogens with one attached hydrogen (secondary N) is 1. The standard InChI is InChI=1S/C20H21N3O3S2/c1-14-4-9-18(15(2)12-14)23-11-10-21-20(23)27-13-19(24)22-16-5-7-17(8-6-16)28(3,25)26/h4-12H,13H2,1-3H3,(H,22,24). The topological polar surface area (TPSA) is 81.1 Å². The van der Waals surface area contributed by atoms with Gasteiger partial charge in [0.1, 0.15) is 0 Å². The molecule has 1 heterocycles. The molecule has 0 atom stereocenters. The molecule has 28 heavy (non-hydrogen) atoms. The van der Waals surface area contributed by atoms with Crippen LogP contribution in [0.3, 0.4) is 0 Å². The Morgan fingerprint density at radius 3 is 2.50 bits per heavy atom. The maximum absolute atomic E-state index is 12.3. The number of benzene rings is 2. The van der Waals surface area contributed by atoms with Crippen LogP contribution in [0.2, 0.25) is 0 Å². The molecular formula is C20H21N3O3S2. The molecule has 146 valence electrons. The summed E-state index contributed by atoms with van der Waals surface area (Å²) in [5, 5.41) is 3.50. The van der Waals surface area contributed by atoms with E-state index in [0.29, 0.717) is 5.69 Å². The molecule has 0 aliphatic rings. The van der Waals surface area contributed by atoms with Crippen LogP contribution in [0.25, 0.3) is 5.69 Å². The minimum atomic E-state index is -3.25. The molecule has 0 fully saturated rings. The maximum atomic E-state index is 12.3. The zero-order valence-corrected chi connectivity index (χ0v) is 17.5. The lowest BCUT2D eigenvalue weighted by Crippen LogP contribution is -2.14. The van der Waals surface area contributed by atoms with Gasteiger partial charge in [0.2, 0.25) is 5.91 Å². The molecule has 0 aliphatic carbocycles. The van der Waals surface area contributed by atoms with Crippen LogP contribution in [0.1, 0.15) is 11.1 Å². The maximum Gasteiger partial charge on any atom is 0.234 e. The van der Waals surface area contributed by atoms with Crippen molar-refractivity contribution in [2.45, 2.75) is 23.9 Å². The molecule has 0 spiro atoms. The number of imidazole rings is 1. The first-order valence-corrected chi connectivity index (χ1v) is 11.5. The number of amides is 1. The normalized spacial score (nSPS) is 11.4. The zero-order chi connectivity index (χ0) is 20.3. The van der Waals surface area contributed by atoms with Gasteiger partial charge in [0.05, 0.1) is 16.3 Å². The number of aromatic nitrogens is 2. The summed E-state index contributed by atoms with van der Waals surface area (Å²) in [4.78, 5) is 16.8. The van der Waals surface area contributed by atoms with Crippen molar-refractivity contribution in [1.82, 2.24) is 9.55 Å². The van der Waals surface area contributed by atoms with Crippen molar-refractivity contribution in [3.8, 4) is 5.69 Å². The number of hydrogen-bond acceptors (Lipinski definition) is 5. The quantitative estimate of drug-likeness (QED) is 0.622. The highest BCUT2D eigenvalue weighted by atomic mass is 32.2. The fourth-order valence-electron chi connectivity index (χ4n) is 2.77. The Morgan fingerprint density at radius 2 is 1.86 bits per heavy atom. The van der Waals surface area contributed by atoms with Crippen molar-refractivity contribution in [3.63, 3.8) is 0 Å². The summed E-state index contributed by atoms with van der Waals surface area (Å²) >= 11 is 1.34. The highest BCUT2D eigenvalue weighted by Gasteiger charge is 2.12. The van der Waals surface area contributed by atoms with E-state index < -0.39 is 9.84 Å². The smallest absolute Gasteiger partial charge is 0.234 e. The second kappa shape index (κ2) is 8.20. The molecule has 0 radical (unpaired) electrons. The molecule has 0 saturated carbocycles. The minimum absolute atomic E-state index is 0.188. The minimum Gasteiger partial charge on any atom is -0.325 e. The Balaban J connectivity index is 1.65. The SMILES string of the molecule is Cc1ccc(-n2ccnc2SCC(=O)Nc2ccc(S(C)(=O)=O)cc2)c(C)c1. The van der Waals surface area contributed by atoms with Crippen molar-refractivity contribution in [2.75, 3.05) is 17.3 Å². The third-order valence-corrected chi connectivity index (χ3v) is 6.21. The molecule has 3 aromatic rings. The number of rotatable bonds is 6. The Kier molecular flexibility index (Phi) is 5.90. The number of anilines is 1. The van der Waals surface area contributed by atoms with Crippen LogP contribution in [0, 0.1) is 13.8 Å². The Bertz CT molecular complexity index is 1100. The van der Waals surface area contributed by atoms with Crippen molar-refractivity contribution >= 4 is 33.2 Å². The predicted octanol–water partition coefficient (Wildman–Crippen LogP) is 3.62. The van der Waals surface area contributed by atoms with Crippen molar-refractivity contribution in [1.29, 1.82) is 0 Å². The van der Waals surface area contributed by atoms with Gasteiger partial charge in [0.15, 0.2) is 15.0 Å². The van der Waals surface area contributed by atoms with Gasteiger partial charge in [-0.3, -0.25) is 9.36 Å². The number of nitrogens with zero attached hydrogens (tertiary/aromatic N) is 2. The van der Waals surface area contributed by atoms with Gasteiger partial charge < -0.3 is 5.32 Å². The van der Waals surface area contributed by atoms with Gasteiger partial charge in [-0.25, -0.2) is 13.4 Å². The van der Waals surface area contributed by atoms with E-state index in [2.05, 4.69) is 16.4 Å². The second-order valence-corrected chi connectivity index (χ2v) is 9.46. The molecule has 0 unspecified atom stereocenters. The molecule has 0 bridgehead atoms. The summed E-state index contributed by atoms with van der Waals surface area (Å²) in [6, 6.07) is 12.3. The third kappa shape index (κ3) is 4.82. The van der Waals surface area contributed by atoms with Crippen molar-refractivity contribution < 1.29 is 13.2 Å². The molecule has 2 aromatic carbocycles. The molecule has 1 N–H and O–H groups in total. The lowest BCUT2D eigenvalue weighted by molar-refractivity contribution is -0.113. The predicted molar refractivity (Wildman–Crippen MR) is 112 cm³/mol. The molecule has 6 nitrogen and oxygen atoms in total. The Morgan fingerprint density at radius 1 is 1.14 bits per heavy atom. The van der Waals surface area contributed by atoms with E-state index in [4.69, 9.17) is 0 Å². The van der Waals surface area contributed by atoms with Crippen LogP contribution in [-0.2, 0) is 14.6 Å². The van der Waals surface area contributed by atoms with E-state index >= 15 is 0 Å². The second-order valence-electron chi connectivity index (χ2n) is 6.50. The van der Waals surface area contributed by atoms with Gasteiger partial charge >= 0.3 is 0 Å². The summed E-state index contributed by atoms with van der Waals surface area (Å²) < 4.78 is 24.9. The van der Waals surface area contributed by atoms with E-state index in [-0.39, 0.29) is 16.6 Å². The van der Waals surface area contributed by atoms with Gasteiger partial charge in [-0.05, 0) is 49.7 Å². The molecule has 1 amide bonds. The average molecular weight is 416 g/mol. The summed E-state index contributed by atoms with van der Waals surface area (Å²) in [7, 11) is -3.25. The first kappa shape index (κ1) is 20.2. The average Bonchev–Trinajstić information content (AvgIpc) is 3.08. The molecule has 8 heteroatoms. The Hall–Kier alpha value is -2.58. The van der Waals surface area contributed by atoms with Crippen LogP contribution in [0.15, 0.2) is 64.9 Å². The summed E-state index contributed by atoms with van der Waals surface area (Å²) in [6.07, 6.45) is 4.74. The highest BCUT2D eigenvalue weighted by Crippen LogP contribution is 2.23. The summed E-state index contributed by atoms with van der Waals surface area (Å²) in [5.74, 6) is 0.00253. The van der Waals surface area contributed by atoms with Crippen LogP contribution in [0.5, 0.6) is 0 Å². The molecule has 1 aromatic heterocycles. The fraction of sp³-hybridized carbons (Fsp3) is 0.200. The van der Waals surface area contributed by atoms with Gasteiger partial charge in [0.25, 0.3) is 0 Å². The third-order valence-electron chi connectivity index (χ3n) is 4.12. The number of thioether (sulfide) groups is 1. The lowest BCUT2D eigenvalue weighted by atomic mass is 10.1. The molecule has 0 saturated heterocycles. The van der Waals surface area contributed by atoms with E-state index in [0.717, 1.165) is 22.7 Å². The number of hydrogen-bond donors (Lipinski definition) is 1. The monoisotopic (exact) mass is 415 g/mol. The molecule has 0 aliphatic heterocycles. The first-order chi connectivity index (χ1) is 13.2. The fourth-order valence-corrected chi connectivity index (χ4v) is 4.16. The first-order valence-electron chi connectivity index (χ1n) is 8.58. The van der Waals surface area contributed by atoms with Crippen molar-refractivity contribution in [2.24, 2.45) is 0 Å². The van der Waals surface area contributed by atoms with Crippen molar-refractivity contribution in [3.05, 3.63) is 66.0 Å². The number of aryl methyl sites for hydroxylation is 2. The molecule has 3 rings (SSSR count). The number of carbonyl (C=O) groups excluding carboxylic acids is 1. The number of carbonyl (C=O) groups is 1. The highest BCUT2D eigenvalue weighted by molar-refractivity contribution is 7.99. The van der Waals surface area contributed by atoms with Gasteiger partial charge in [0, 0.05) is 24.3 Å². The van der Waals surface area contributed by atoms with Crippen LogP contribution in [0.4, 0.5) is 5.69 Å². The van der Waals surface area contributed by atoms with E-state index in [1.807, 2.05) is 36.7 Å².